The number of rotatable bonds is 2. The number of carbonyl (C=O) groups is 1. The highest BCUT2D eigenvalue weighted by molar-refractivity contribution is 5.71. The second-order valence-electron chi connectivity index (χ2n) is 3.92. The van der Waals surface area contributed by atoms with Crippen LogP contribution in [0.25, 0.3) is 0 Å². The zero-order valence-corrected chi connectivity index (χ0v) is 8.47. The summed E-state index contributed by atoms with van der Waals surface area (Å²) in [7, 11) is 1.93. The Morgan fingerprint density at radius 1 is 1.60 bits per heavy atom. The minimum atomic E-state index is -0.801. The molecule has 0 aliphatic carbocycles. The van der Waals surface area contributed by atoms with Crippen LogP contribution in [-0.4, -0.2) is 29.8 Å². The zero-order valence-electron chi connectivity index (χ0n) is 8.47. The molecule has 0 saturated carbocycles. The van der Waals surface area contributed by atoms with Gasteiger partial charge in [-0.25, -0.2) is 0 Å². The van der Waals surface area contributed by atoms with Gasteiger partial charge in [0.25, 0.3) is 0 Å². The van der Waals surface area contributed by atoms with Crippen LogP contribution in [0.1, 0.15) is 17.9 Å². The van der Waals surface area contributed by atoms with Crippen LogP contribution in [-0.2, 0) is 4.79 Å². The van der Waals surface area contributed by atoms with E-state index in [1.165, 1.54) is 0 Å². The lowest BCUT2D eigenvalue weighted by Crippen LogP contribution is -2.16. The standard InChI is InChI=1S/C11H13NO3/c1-12-6-7(4-11(14)15)9-5-8(13)2-3-10(9)12/h2-3,5,7,13H,4,6H2,1H3,(H,14,15). The molecule has 1 aromatic rings. The molecule has 80 valence electrons. The number of phenols is 1. The third-order valence-corrected chi connectivity index (χ3v) is 2.78. The molecule has 1 unspecified atom stereocenters. The molecule has 1 heterocycles. The van der Waals surface area contributed by atoms with E-state index in [0.717, 1.165) is 11.3 Å². The van der Waals surface area contributed by atoms with Gasteiger partial charge >= 0.3 is 5.97 Å². The van der Waals surface area contributed by atoms with Gasteiger partial charge in [0.15, 0.2) is 0 Å². The summed E-state index contributed by atoms with van der Waals surface area (Å²) in [5.74, 6) is -0.626. The van der Waals surface area contributed by atoms with E-state index in [1.54, 1.807) is 12.1 Å². The van der Waals surface area contributed by atoms with Gasteiger partial charge in [-0.3, -0.25) is 4.79 Å². The highest BCUT2D eigenvalue weighted by Gasteiger charge is 2.28. The van der Waals surface area contributed by atoms with Gasteiger partial charge in [0.1, 0.15) is 5.75 Å². The molecule has 0 bridgehead atoms. The lowest BCUT2D eigenvalue weighted by Gasteiger charge is -2.11. The number of benzene rings is 1. The molecule has 0 aromatic heterocycles. The molecule has 4 nitrogen and oxygen atoms in total. The minimum absolute atomic E-state index is 0.0189. The molecule has 1 atom stereocenters. The fourth-order valence-corrected chi connectivity index (χ4v) is 2.13. The van der Waals surface area contributed by atoms with Crippen LogP contribution < -0.4 is 4.90 Å². The molecule has 2 rings (SSSR count). The van der Waals surface area contributed by atoms with E-state index in [9.17, 15) is 9.90 Å². The number of likely N-dealkylation sites (N-methyl/N-ethyl adjacent to an activating group) is 1. The van der Waals surface area contributed by atoms with Gasteiger partial charge in [-0.1, -0.05) is 0 Å². The van der Waals surface area contributed by atoms with Crippen molar-refractivity contribution < 1.29 is 15.0 Å². The third kappa shape index (κ3) is 1.75. The van der Waals surface area contributed by atoms with Crippen LogP contribution in [0.15, 0.2) is 18.2 Å². The molecule has 2 N–H and O–H groups in total. The number of aliphatic carboxylic acids is 1. The number of carboxylic acid groups (broad SMARTS) is 1. The number of nitrogens with zero attached hydrogens (tertiary/aromatic N) is 1. The number of carboxylic acids is 1. The normalized spacial score (nSPS) is 19.0. The molecule has 0 saturated heterocycles. The smallest absolute Gasteiger partial charge is 0.304 e. The first-order valence-electron chi connectivity index (χ1n) is 4.84. The predicted octanol–water partition coefficient (Wildman–Crippen LogP) is 1.40. The second kappa shape index (κ2) is 3.46. The van der Waals surface area contributed by atoms with Crippen LogP contribution in [0.3, 0.4) is 0 Å². The molecule has 0 spiro atoms. The van der Waals surface area contributed by atoms with Crippen LogP contribution in [0.2, 0.25) is 0 Å². The number of hydrogen-bond donors (Lipinski definition) is 2. The summed E-state index contributed by atoms with van der Waals surface area (Å²) >= 11 is 0. The number of fused-ring (bicyclic) bond motifs is 1. The summed E-state index contributed by atoms with van der Waals surface area (Å²) in [6.45, 7) is 0.699. The average molecular weight is 207 g/mol. The minimum Gasteiger partial charge on any atom is -0.508 e. The molecular weight excluding hydrogens is 194 g/mol. The first-order chi connectivity index (χ1) is 7.08. The Morgan fingerprint density at radius 2 is 2.33 bits per heavy atom. The van der Waals surface area contributed by atoms with E-state index in [0.29, 0.717) is 6.54 Å². The van der Waals surface area contributed by atoms with Crippen molar-refractivity contribution in [3.05, 3.63) is 23.8 Å². The average Bonchev–Trinajstić information content (AvgIpc) is 2.42. The predicted molar refractivity (Wildman–Crippen MR) is 56.4 cm³/mol. The lowest BCUT2D eigenvalue weighted by molar-refractivity contribution is -0.137. The molecule has 1 aliphatic rings. The van der Waals surface area contributed by atoms with Crippen molar-refractivity contribution in [3.8, 4) is 5.75 Å². The Bertz CT molecular complexity index is 403. The monoisotopic (exact) mass is 207 g/mol. The van der Waals surface area contributed by atoms with Crippen molar-refractivity contribution in [2.45, 2.75) is 12.3 Å². The summed E-state index contributed by atoms with van der Waals surface area (Å²) in [5, 5.41) is 18.1. The highest BCUT2D eigenvalue weighted by atomic mass is 16.4. The van der Waals surface area contributed by atoms with E-state index in [2.05, 4.69) is 0 Å². The van der Waals surface area contributed by atoms with E-state index in [4.69, 9.17) is 5.11 Å². The van der Waals surface area contributed by atoms with Crippen molar-refractivity contribution in [2.75, 3.05) is 18.5 Å². The Balaban J connectivity index is 2.35. The Morgan fingerprint density at radius 3 is 3.00 bits per heavy atom. The van der Waals surface area contributed by atoms with Gasteiger partial charge in [-0.2, -0.15) is 0 Å². The maximum atomic E-state index is 10.7. The number of hydrogen-bond acceptors (Lipinski definition) is 3. The lowest BCUT2D eigenvalue weighted by atomic mass is 9.98. The fraction of sp³-hybridized carbons (Fsp3) is 0.364. The molecule has 0 radical (unpaired) electrons. The second-order valence-corrected chi connectivity index (χ2v) is 3.92. The number of anilines is 1. The van der Waals surface area contributed by atoms with E-state index < -0.39 is 5.97 Å². The Labute approximate surface area is 87.8 Å². The maximum Gasteiger partial charge on any atom is 0.304 e. The molecule has 1 aliphatic heterocycles. The molecule has 0 fully saturated rings. The van der Waals surface area contributed by atoms with Crippen molar-refractivity contribution in [1.29, 1.82) is 0 Å². The quantitative estimate of drug-likeness (QED) is 0.769. The van der Waals surface area contributed by atoms with Gasteiger partial charge in [0, 0.05) is 25.2 Å². The Hall–Kier alpha value is -1.71. The maximum absolute atomic E-state index is 10.7. The largest absolute Gasteiger partial charge is 0.508 e. The summed E-state index contributed by atoms with van der Waals surface area (Å²) in [4.78, 5) is 12.7. The van der Waals surface area contributed by atoms with E-state index >= 15 is 0 Å². The van der Waals surface area contributed by atoms with Crippen LogP contribution in [0.4, 0.5) is 5.69 Å². The van der Waals surface area contributed by atoms with Crippen LogP contribution in [0.5, 0.6) is 5.75 Å². The van der Waals surface area contributed by atoms with Gasteiger partial charge in [-0.15, -0.1) is 0 Å². The first kappa shape index (κ1) is 9.83. The summed E-state index contributed by atoms with van der Waals surface area (Å²) in [6, 6.07) is 5.11. The molecule has 15 heavy (non-hydrogen) atoms. The summed E-state index contributed by atoms with van der Waals surface area (Å²) in [5.41, 5.74) is 1.94. The molecule has 4 heteroatoms. The molecule has 1 aromatic carbocycles. The topological polar surface area (TPSA) is 60.8 Å². The molecule has 0 amide bonds. The summed E-state index contributed by atoms with van der Waals surface area (Å²) in [6.07, 6.45) is 0.112. The number of aromatic hydroxyl groups is 1. The Kier molecular flexibility index (Phi) is 2.26. The van der Waals surface area contributed by atoms with Gasteiger partial charge < -0.3 is 15.1 Å². The number of phenolic OH excluding ortho intramolecular Hbond substituents is 1. The fourth-order valence-electron chi connectivity index (χ4n) is 2.13. The zero-order chi connectivity index (χ0) is 11.0. The van der Waals surface area contributed by atoms with Crippen LogP contribution >= 0.6 is 0 Å². The van der Waals surface area contributed by atoms with Gasteiger partial charge in [0.05, 0.1) is 6.42 Å². The highest BCUT2D eigenvalue weighted by Crippen LogP contribution is 2.38. The van der Waals surface area contributed by atoms with Crippen LogP contribution in [0, 0.1) is 0 Å². The molecular formula is C11H13NO3. The van der Waals surface area contributed by atoms with Gasteiger partial charge in [0.2, 0.25) is 0 Å². The first-order valence-corrected chi connectivity index (χ1v) is 4.84. The van der Waals surface area contributed by atoms with Crippen molar-refractivity contribution in [2.24, 2.45) is 0 Å². The van der Waals surface area contributed by atoms with E-state index in [1.807, 2.05) is 18.0 Å². The van der Waals surface area contributed by atoms with E-state index in [-0.39, 0.29) is 18.1 Å². The van der Waals surface area contributed by atoms with Crippen molar-refractivity contribution in [1.82, 2.24) is 0 Å². The summed E-state index contributed by atoms with van der Waals surface area (Å²) < 4.78 is 0. The third-order valence-electron chi connectivity index (χ3n) is 2.78. The van der Waals surface area contributed by atoms with Crippen molar-refractivity contribution in [3.63, 3.8) is 0 Å². The van der Waals surface area contributed by atoms with Gasteiger partial charge in [-0.05, 0) is 23.8 Å². The SMILES string of the molecule is CN1CC(CC(=O)O)c2cc(O)ccc21. The van der Waals surface area contributed by atoms with Crippen molar-refractivity contribution >= 4 is 11.7 Å².